The number of amides is 1. The van der Waals surface area contributed by atoms with E-state index in [0.717, 1.165) is 16.7 Å². The van der Waals surface area contributed by atoms with E-state index < -0.39 is 5.97 Å². The van der Waals surface area contributed by atoms with Gasteiger partial charge < -0.3 is 14.4 Å². The molecule has 37 heavy (non-hydrogen) atoms. The Morgan fingerprint density at radius 3 is 2.54 bits per heavy atom. The number of hydrogen-bond donors (Lipinski definition) is 0. The molecule has 0 radical (unpaired) electrons. The molecule has 2 aliphatic heterocycles. The Bertz CT molecular complexity index is 1350. The number of carbonyl (C=O) groups excluding carboxylic acids is 3. The van der Waals surface area contributed by atoms with Crippen molar-refractivity contribution in [2.45, 2.75) is 39.2 Å². The molecule has 1 amide bonds. The highest BCUT2D eigenvalue weighted by molar-refractivity contribution is 6.22. The molecule has 6 rings (SSSR count). The van der Waals surface area contributed by atoms with E-state index in [2.05, 4.69) is 20.4 Å². The summed E-state index contributed by atoms with van der Waals surface area (Å²) in [5.74, 6) is 0.800. The fraction of sp³-hybridized carbons (Fsp3) is 0.387. The third kappa shape index (κ3) is 3.49. The van der Waals surface area contributed by atoms with Gasteiger partial charge in [-0.05, 0) is 23.5 Å². The van der Waals surface area contributed by atoms with E-state index in [1.807, 2.05) is 42.5 Å². The molecule has 0 bridgehead atoms. The van der Waals surface area contributed by atoms with Crippen molar-refractivity contribution >= 4 is 17.7 Å². The fourth-order valence-electron chi connectivity index (χ4n) is 6.65. The number of esters is 1. The lowest BCUT2D eigenvalue weighted by atomic mass is 9.64. The van der Waals surface area contributed by atoms with Crippen molar-refractivity contribution in [3.63, 3.8) is 0 Å². The predicted octanol–water partition coefficient (Wildman–Crippen LogP) is 5.17. The molecule has 0 aromatic heterocycles. The number of fused-ring (bicyclic) bond motifs is 4. The van der Waals surface area contributed by atoms with Crippen LogP contribution in [0.1, 0.15) is 49.0 Å². The molecule has 6 nitrogen and oxygen atoms in total. The molecule has 1 saturated carbocycles. The van der Waals surface area contributed by atoms with Gasteiger partial charge in [0, 0.05) is 28.2 Å². The van der Waals surface area contributed by atoms with Crippen LogP contribution in [-0.2, 0) is 14.3 Å². The highest BCUT2D eigenvalue weighted by atomic mass is 16.5. The Kier molecular flexibility index (Phi) is 5.78. The third-order valence-electron chi connectivity index (χ3n) is 8.88. The van der Waals surface area contributed by atoms with Gasteiger partial charge in [-0.15, -0.1) is 0 Å². The minimum absolute atomic E-state index is 0.0110. The summed E-state index contributed by atoms with van der Waals surface area (Å²) >= 11 is 0. The van der Waals surface area contributed by atoms with Crippen molar-refractivity contribution in [1.29, 1.82) is 0 Å². The smallest absolute Gasteiger partial charge is 0.355 e. The van der Waals surface area contributed by atoms with Crippen molar-refractivity contribution in [3.05, 3.63) is 77.5 Å². The van der Waals surface area contributed by atoms with Crippen molar-refractivity contribution in [3.8, 4) is 16.9 Å². The largest absolute Gasteiger partial charge is 0.488 e. The molecule has 0 N–H and O–H groups in total. The summed E-state index contributed by atoms with van der Waals surface area (Å²) in [6, 6.07) is 13.0. The first kappa shape index (κ1) is 23.7. The Hall–Kier alpha value is -3.67. The maximum atomic E-state index is 13.4. The van der Waals surface area contributed by atoms with Crippen LogP contribution < -0.4 is 4.74 Å². The quantitative estimate of drug-likeness (QED) is 0.244. The Morgan fingerprint density at radius 2 is 1.84 bits per heavy atom. The molecule has 0 spiro atoms. The normalized spacial score (nSPS) is 24.6. The molecule has 2 aliphatic carbocycles. The van der Waals surface area contributed by atoms with Gasteiger partial charge in [-0.1, -0.05) is 82.2 Å². The maximum absolute atomic E-state index is 13.4. The van der Waals surface area contributed by atoms with Crippen LogP contribution in [0.2, 0.25) is 0 Å². The Balaban J connectivity index is 1.32. The lowest BCUT2D eigenvalue weighted by Crippen LogP contribution is -2.63. The maximum Gasteiger partial charge on any atom is 0.355 e. The van der Waals surface area contributed by atoms with Gasteiger partial charge in [-0.25, -0.2) is 4.79 Å². The summed E-state index contributed by atoms with van der Waals surface area (Å²) in [6.07, 6.45) is 5.08. The van der Waals surface area contributed by atoms with E-state index in [1.54, 1.807) is 4.90 Å². The molecular weight excluding hydrogens is 466 g/mol. The topological polar surface area (TPSA) is 72.9 Å². The summed E-state index contributed by atoms with van der Waals surface area (Å²) in [4.78, 5) is 41.1. The number of β-lactam (4-membered cyclic amide) rings is 1. The summed E-state index contributed by atoms with van der Waals surface area (Å²) in [5.41, 5.74) is 3.99. The first-order chi connectivity index (χ1) is 17.9. The average molecular weight is 498 g/mol. The van der Waals surface area contributed by atoms with Crippen LogP contribution in [0.4, 0.5) is 0 Å². The van der Waals surface area contributed by atoms with Gasteiger partial charge in [-0.3, -0.25) is 9.59 Å². The number of rotatable bonds is 8. The number of nitrogens with zero attached hydrogens (tertiary/aromatic N) is 1. The van der Waals surface area contributed by atoms with E-state index in [1.165, 1.54) is 25.3 Å². The van der Waals surface area contributed by atoms with E-state index in [0.29, 0.717) is 28.5 Å². The summed E-state index contributed by atoms with van der Waals surface area (Å²) in [5, 5.41) is 0. The Morgan fingerprint density at radius 1 is 1.11 bits per heavy atom. The van der Waals surface area contributed by atoms with E-state index in [9.17, 15) is 14.4 Å². The van der Waals surface area contributed by atoms with E-state index >= 15 is 0 Å². The number of carbonyl (C=O) groups is 3. The average Bonchev–Trinajstić information content (AvgIpc) is 3.29. The molecule has 6 heteroatoms. The SMILES string of the molecule is C=CCOC(=O)C1=C(COc2cccc3c2-c2ccccc2C3=O)[C@H](C)C2C(C(C)C3CCC3)C(=O)N12. The number of ketones is 1. The molecular formula is C31H31NO5. The van der Waals surface area contributed by atoms with Gasteiger partial charge in [0.1, 0.15) is 24.7 Å². The predicted molar refractivity (Wildman–Crippen MR) is 139 cm³/mol. The highest BCUT2D eigenvalue weighted by Gasteiger charge is 2.61. The van der Waals surface area contributed by atoms with Crippen molar-refractivity contribution in [2.24, 2.45) is 23.7 Å². The van der Waals surface area contributed by atoms with Crippen molar-refractivity contribution in [1.82, 2.24) is 4.90 Å². The molecule has 2 fully saturated rings. The zero-order valence-corrected chi connectivity index (χ0v) is 21.2. The minimum Gasteiger partial charge on any atom is -0.488 e. The fourth-order valence-corrected chi connectivity index (χ4v) is 6.65. The molecule has 4 aliphatic rings. The van der Waals surface area contributed by atoms with Gasteiger partial charge >= 0.3 is 5.97 Å². The zero-order chi connectivity index (χ0) is 25.8. The second-order valence-electron chi connectivity index (χ2n) is 10.7. The molecule has 2 heterocycles. The molecule has 2 aromatic rings. The van der Waals surface area contributed by atoms with Gasteiger partial charge in [-0.2, -0.15) is 0 Å². The molecule has 3 unspecified atom stereocenters. The van der Waals surface area contributed by atoms with Crippen LogP contribution >= 0.6 is 0 Å². The highest BCUT2D eigenvalue weighted by Crippen LogP contribution is 2.52. The first-order valence-electron chi connectivity index (χ1n) is 13.2. The van der Waals surface area contributed by atoms with Gasteiger partial charge in [0.05, 0.1) is 12.0 Å². The molecule has 4 atom stereocenters. The number of benzene rings is 2. The van der Waals surface area contributed by atoms with Crippen LogP contribution in [0.3, 0.4) is 0 Å². The lowest BCUT2D eigenvalue weighted by molar-refractivity contribution is -0.163. The number of hydrogen-bond acceptors (Lipinski definition) is 5. The second kappa shape index (κ2) is 9.02. The van der Waals surface area contributed by atoms with Crippen LogP contribution in [-0.4, -0.2) is 41.8 Å². The first-order valence-corrected chi connectivity index (χ1v) is 13.2. The zero-order valence-electron chi connectivity index (χ0n) is 21.2. The molecule has 1 saturated heterocycles. The minimum atomic E-state index is -0.519. The van der Waals surface area contributed by atoms with Gasteiger partial charge in [0.15, 0.2) is 5.78 Å². The van der Waals surface area contributed by atoms with Crippen LogP contribution in [0.15, 0.2) is 66.4 Å². The van der Waals surface area contributed by atoms with Crippen LogP contribution in [0.5, 0.6) is 5.75 Å². The van der Waals surface area contributed by atoms with E-state index in [-0.39, 0.29) is 48.7 Å². The second-order valence-corrected chi connectivity index (χ2v) is 10.7. The summed E-state index contributed by atoms with van der Waals surface area (Å²) < 4.78 is 11.8. The monoisotopic (exact) mass is 497 g/mol. The van der Waals surface area contributed by atoms with Gasteiger partial charge in [0.25, 0.3) is 0 Å². The number of ether oxygens (including phenoxy) is 2. The lowest BCUT2D eigenvalue weighted by Gasteiger charge is -2.51. The van der Waals surface area contributed by atoms with Crippen LogP contribution in [0.25, 0.3) is 11.1 Å². The summed E-state index contributed by atoms with van der Waals surface area (Å²) in [6.45, 7) is 8.10. The van der Waals surface area contributed by atoms with Crippen molar-refractivity contribution in [2.75, 3.05) is 13.2 Å². The van der Waals surface area contributed by atoms with Gasteiger partial charge in [0.2, 0.25) is 5.91 Å². The van der Waals surface area contributed by atoms with Crippen LogP contribution in [0, 0.1) is 23.7 Å². The third-order valence-corrected chi connectivity index (χ3v) is 8.88. The Labute approximate surface area is 216 Å². The van der Waals surface area contributed by atoms with E-state index in [4.69, 9.17) is 9.47 Å². The van der Waals surface area contributed by atoms with Crippen molar-refractivity contribution < 1.29 is 23.9 Å². The molecule has 190 valence electrons. The standard InChI is InChI=1S/C31H31NO5/c1-4-15-36-31(35)28-23(18(3)27-25(30(34)32(27)28)17(2)19-9-7-10-19)16-37-24-14-8-13-22-26(24)20-11-5-6-12-21(20)29(22)33/h4-6,8,11-14,17-19,25,27H,1,7,9-10,15-16H2,2-3H3/t17?,18-,25?,27?/m0/s1. The summed E-state index contributed by atoms with van der Waals surface area (Å²) in [7, 11) is 0. The molecule has 2 aromatic carbocycles.